The van der Waals surface area contributed by atoms with Gasteiger partial charge in [-0.1, -0.05) is 26.7 Å². The molecule has 0 spiro atoms. The van der Waals surface area contributed by atoms with Gasteiger partial charge < -0.3 is 0 Å². The van der Waals surface area contributed by atoms with E-state index in [1.54, 1.807) is 0 Å². The van der Waals surface area contributed by atoms with E-state index in [0.29, 0.717) is 5.41 Å². The fraction of sp³-hybridized carbons (Fsp3) is 1.00. The number of alkyl halides is 2. The average Bonchev–Trinajstić information content (AvgIpc) is 2.04. The highest BCUT2D eigenvalue weighted by Gasteiger charge is 2.24. The van der Waals surface area contributed by atoms with Crippen molar-refractivity contribution in [2.24, 2.45) is 5.41 Å². The van der Waals surface area contributed by atoms with Crippen molar-refractivity contribution in [2.45, 2.75) is 39.5 Å². The molecular formula is C9H18Cl2. The van der Waals surface area contributed by atoms with Crippen molar-refractivity contribution in [3.05, 3.63) is 0 Å². The average molecular weight is 197 g/mol. The number of hydrogen-bond acceptors (Lipinski definition) is 0. The Kier molecular flexibility index (Phi) is 6.46. The molecule has 0 amide bonds. The zero-order valence-corrected chi connectivity index (χ0v) is 9.01. The van der Waals surface area contributed by atoms with Gasteiger partial charge >= 0.3 is 0 Å². The van der Waals surface area contributed by atoms with E-state index < -0.39 is 0 Å². The molecule has 0 saturated carbocycles. The van der Waals surface area contributed by atoms with E-state index in [-0.39, 0.29) is 0 Å². The normalized spacial score (nSPS) is 12.0. The SMILES string of the molecule is CCC(CC)(CCCl)CCCl. The predicted molar refractivity (Wildman–Crippen MR) is 53.7 cm³/mol. The molecule has 0 rings (SSSR count). The fourth-order valence-corrected chi connectivity index (χ4v) is 2.28. The zero-order valence-electron chi connectivity index (χ0n) is 7.50. The molecule has 0 nitrogen and oxygen atoms in total. The molecule has 0 aliphatic carbocycles. The van der Waals surface area contributed by atoms with Crippen molar-refractivity contribution >= 4 is 23.2 Å². The summed E-state index contributed by atoms with van der Waals surface area (Å²) in [7, 11) is 0. The molecule has 0 aromatic rings. The smallest absolute Gasteiger partial charge is 0.0228 e. The van der Waals surface area contributed by atoms with Crippen LogP contribution >= 0.6 is 23.2 Å². The van der Waals surface area contributed by atoms with Crippen molar-refractivity contribution in [3.8, 4) is 0 Å². The summed E-state index contributed by atoms with van der Waals surface area (Å²) in [5.74, 6) is 1.52. The van der Waals surface area contributed by atoms with Crippen molar-refractivity contribution in [3.63, 3.8) is 0 Å². The summed E-state index contributed by atoms with van der Waals surface area (Å²) in [6.45, 7) is 4.45. The van der Waals surface area contributed by atoms with Crippen LogP contribution in [0.5, 0.6) is 0 Å². The lowest BCUT2D eigenvalue weighted by Gasteiger charge is -2.30. The lowest BCUT2D eigenvalue weighted by Crippen LogP contribution is -2.20. The van der Waals surface area contributed by atoms with Crippen LogP contribution in [0.15, 0.2) is 0 Å². The van der Waals surface area contributed by atoms with Crippen LogP contribution in [0.3, 0.4) is 0 Å². The zero-order chi connectivity index (χ0) is 8.74. The highest BCUT2D eigenvalue weighted by molar-refractivity contribution is 6.18. The summed E-state index contributed by atoms with van der Waals surface area (Å²) in [5.41, 5.74) is 0.420. The third-order valence-corrected chi connectivity index (χ3v) is 3.13. The van der Waals surface area contributed by atoms with Crippen LogP contribution < -0.4 is 0 Å². The van der Waals surface area contributed by atoms with Crippen LogP contribution in [0.4, 0.5) is 0 Å². The molecule has 0 aromatic carbocycles. The molecule has 68 valence electrons. The minimum atomic E-state index is 0.420. The van der Waals surface area contributed by atoms with Crippen LogP contribution in [-0.4, -0.2) is 11.8 Å². The van der Waals surface area contributed by atoms with Gasteiger partial charge in [0, 0.05) is 11.8 Å². The van der Waals surface area contributed by atoms with Crippen molar-refractivity contribution in [2.75, 3.05) is 11.8 Å². The minimum Gasteiger partial charge on any atom is -0.127 e. The molecular weight excluding hydrogens is 179 g/mol. The maximum absolute atomic E-state index is 5.74. The first-order chi connectivity index (χ1) is 5.24. The van der Waals surface area contributed by atoms with Crippen molar-refractivity contribution < 1.29 is 0 Å². The van der Waals surface area contributed by atoms with Gasteiger partial charge in [0.15, 0.2) is 0 Å². The van der Waals surface area contributed by atoms with E-state index in [1.807, 2.05) is 0 Å². The Morgan fingerprint density at radius 2 is 1.27 bits per heavy atom. The van der Waals surface area contributed by atoms with Gasteiger partial charge in [0.1, 0.15) is 0 Å². The maximum Gasteiger partial charge on any atom is 0.0228 e. The third kappa shape index (κ3) is 3.66. The Bertz CT molecular complexity index is 79.6. The second kappa shape index (κ2) is 6.14. The fourth-order valence-electron chi connectivity index (χ4n) is 1.48. The van der Waals surface area contributed by atoms with E-state index in [9.17, 15) is 0 Å². The summed E-state index contributed by atoms with van der Waals surface area (Å²) in [4.78, 5) is 0. The van der Waals surface area contributed by atoms with Crippen LogP contribution in [0.1, 0.15) is 39.5 Å². The highest BCUT2D eigenvalue weighted by atomic mass is 35.5. The Hall–Kier alpha value is 0.580. The molecule has 0 saturated heterocycles. The molecule has 0 aromatic heterocycles. The molecule has 0 heterocycles. The van der Waals surface area contributed by atoms with E-state index in [4.69, 9.17) is 23.2 Å². The molecule has 0 fully saturated rings. The molecule has 0 N–H and O–H groups in total. The Labute approximate surface area is 80.3 Å². The van der Waals surface area contributed by atoms with Crippen LogP contribution in [-0.2, 0) is 0 Å². The van der Waals surface area contributed by atoms with E-state index >= 15 is 0 Å². The monoisotopic (exact) mass is 196 g/mol. The van der Waals surface area contributed by atoms with Gasteiger partial charge in [0.2, 0.25) is 0 Å². The standard InChI is InChI=1S/C9H18Cl2/c1-3-9(4-2,5-7-10)6-8-11/h3-8H2,1-2H3. The number of halogens is 2. The molecule has 0 bridgehead atoms. The van der Waals surface area contributed by atoms with Crippen LogP contribution in [0.2, 0.25) is 0 Å². The summed E-state index contributed by atoms with van der Waals surface area (Å²) in [6, 6.07) is 0. The molecule has 0 unspecified atom stereocenters. The lowest BCUT2D eigenvalue weighted by molar-refractivity contribution is 0.243. The minimum absolute atomic E-state index is 0.420. The number of hydrogen-bond donors (Lipinski definition) is 0. The number of rotatable bonds is 6. The summed E-state index contributed by atoms with van der Waals surface area (Å²) in [5, 5.41) is 0. The van der Waals surface area contributed by atoms with Crippen molar-refractivity contribution in [1.29, 1.82) is 0 Å². The lowest BCUT2D eigenvalue weighted by atomic mass is 9.77. The second-order valence-corrected chi connectivity index (χ2v) is 3.84. The topological polar surface area (TPSA) is 0 Å². The summed E-state index contributed by atoms with van der Waals surface area (Å²) >= 11 is 11.5. The second-order valence-electron chi connectivity index (χ2n) is 3.09. The van der Waals surface area contributed by atoms with Crippen LogP contribution in [0.25, 0.3) is 0 Å². The van der Waals surface area contributed by atoms with Gasteiger partial charge in [-0.15, -0.1) is 23.2 Å². The first-order valence-corrected chi connectivity index (χ1v) is 5.43. The largest absolute Gasteiger partial charge is 0.127 e. The molecule has 0 radical (unpaired) electrons. The quantitative estimate of drug-likeness (QED) is 0.563. The van der Waals surface area contributed by atoms with Crippen LogP contribution in [0, 0.1) is 5.41 Å². The van der Waals surface area contributed by atoms with E-state index in [1.165, 1.54) is 12.8 Å². The highest BCUT2D eigenvalue weighted by Crippen LogP contribution is 2.35. The Morgan fingerprint density at radius 3 is 1.45 bits per heavy atom. The predicted octanol–water partition coefficient (Wildman–Crippen LogP) is 4.05. The third-order valence-electron chi connectivity index (χ3n) is 2.75. The van der Waals surface area contributed by atoms with Gasteiger partial charge in [-0.2, -0.15) is 0 Å². The first kappa shape index (κ1) is 11.6. The molecule has 2 heteroatoms. The van der Waals surface area contributed by atoms with E-state index in [0.717, 1.165) is 24.6 Å². The summed E-state index contributed by atoms with van der Waals surface area (Å²) < 4.78 is 0. The summed E-state index contributed by atoms with van der Waals surface area (Å²) in [6.07, 6.45) is 4.61. The van der Waals surface area contributed by atoms with Crippen molar-refractivity contribution in [1.82, 2.24) is 0 Å². The molecule has 0 aliphatic rings. The maximum atomic E-state index is 5.74. The Morgan fingerprint density at radius 1 is 0.909 bits per heavy atom. The van der Waals surface area contributed by atoms with Gasteiger partial charge in [-0.05, 0) is 18.3 Å². The molecule has 11 heavy (non-hydrogen) atoms. The van der Waals surface area contributed by atoms with E-state index in [2.05, 4.69) is 13.8 Å². The Balaban J connectivity index is 3.96. The van der Waals surface area contributed by atoms with Gasteiger partial charge in [0.25, 0.3) is 0 Å². The van der Waals surface area contributed by atoms with Gasteiger partial charge in [0.05, 0.1) is 0 Å². The van der Waals surface area contributed by atoms with Gasteiger partial charge in [-0.3, -0.25) is 0 Å². The molecule has 0 atom stereocenters. The first-order valence-electron chi connectivity index (χ1n) is 4.36. The van der Waals surface area contributed by atoms with Gasteiger partial charge in [-0.25, -0.2) is 0 Å². The molecule has 0 aliphatic heterocycles.